The maximum Gasteiger partial charge on any atom is 0.271 e. The first kappa shape index (κ1) is 14.9. The van der Waals surface area contributed by atoms with Crippen molar-refractivity contribution in [3.05, 3.63) is 48.0 Å². The molecule has 0 N–H and O–H groups in total. The van der Waals surface area contributed by atoms with Gasteiger partial charge in [-0.3, -0.25) is 9.20 Å². The predicted molar refractivity (Wildman–Crippen MR) is 86.5 cm³/mol. The van der Waals surface area contributed by atoms with Gasteiger partial charge in [-0.05, 0) is 25.0 Å². The molecule has 1 aliphatic heterocycles. The zero-order valence-electron chi connectivity index (χ0n) is 13.6. The predicted octanol–water partition coefficient (Wildman–Crippen LogP) is 2.78. The first-order valence-corrected chi connectivity index (χ1v) is 8.27. The van der Waals surface area contributed by atoms with E-state index in [0.717, 1.165) is 31.3 Å². The Labute approximate surface area is 139 Å². The van der Waals surface area contributed by atoms with Crippen molar-refractivity contribution in [2.75, 3.05) is 6.54 Å². The van der Waals surface area contributed by atoms with Crippen molar-refractivity contribution in [3.63, 3.8) is 0 Å². The Morgan fingerprint density at radius 2 is 2.21 bits per heavy atom. The number of amides is 1. The van der Waals surface area contributed by atoms with Crippen LogP contribution in [0, 0.1) is 6.92 Å². The Kier molecular flexibility index (Phi) is 3.76. The second kappa shape index (κ2) is 6.07. The largest absolute Gasteiger partial charge is 0.340 e. The highest BCUT2D eigenvalue weighted by molar-refractivity contribution is 5.93. The number of nitrogens with zero attached hydrogens (tertiary/aromatic N) is 5. The van der Waals surface area contributed by atoms with Crippen LogP contribution in [0.5, 0.6) is 0 Å². The minimum atomic E-state index is -0.142. The first-order valence-electron chi connectivity index (χ1n) is 8.27. The molecule has 0 aromatic carbocycles. The first-order chi connectivity index (χ1) is 11.7. The van der Waals surface area contributed by atoms with Gasteiger partial charge >= 0.3 is 0 Å². The zero-order chi connectivity index (χ0) is 16.5. The fourth-order valence-corrected chi connectivity index (χ4v) is 3.34. The number of carbonyl (C=O) groups is 1. The summed E-state index contributed by atoms with van der Waals surface area (Å²) in [6.45, 7) is 2.47. The highest BCUT2D eigenvalue weighted by Crippen LogP contribution is 2.30. The van der Waals surface area contributed by atoms with Gasteiger partial charge in [0.15, 0.2) is 5.82 Å². The summed E-state index contributed by atoms with van der Waals surface area (Å²) in [6, 6.07) is 5.44. The van der Waals surface area contributed by atoms with Crippen molar-refractivity contribution < 1.29 is 9.32 Å². The van der Waals surface area contributed by atoms with E-state index in [-0.39, 0.29) is 11.9 Å². The summed E-state index contributed by atoms with van der Waals surface area (Å²) in [4.78, 5) is 23.7. The van der Waals surface area contributed by atoms with Crippen LogP contribution in [-0.4, -0.2) is 36.9 Å². The molecule has 24 heavy (non-hydrogen) atoms. The average molecular weight is 325 g/mol. The number of pyridine rings is 1. The van der Waals surface area contributed by atoms with E-state index in [0.29, 0.717) is 24.0 Å². The van der Waals surface area contributed by atoms with Gasteiger partial charge in [-0.2, -0.15) is 4.98 Å². The quantitative estimate of drug-likeness (QED) is 0.724. The molecule has 0 aliphatic carbocycles. The molecule has 7 nitrogen and oxygen atoms in total. The number of carbonyl (C=O) groups excluding carboxylic acids is 1. The molecule has 1 unspecified atom stereocenters. The van der Waals surface area contributed by atoms with Crippen LogP contribution in [0.2, 0.25) is 0 Å². The fraction of sp³-hybridized carbons (Fsp3) is 0.412. The molecular weight excluding hydrogens is 306 g/mol. The van der Waals surface area contributed by atoms with E-state index in [2.05, 4.69) is 15.1 Å². The van der Waals surface area contributed by atoms with Crippen LogP contribution < -0.4 is 0 Å². The molecule has 0 spiro atoms. The topological polar surface area (TPSA) is 76.5 Å². The van der Waals surface area contributed by atoms with Crippen molar-refractivity contribution in [2.45, 2.75) is 38.6 Å². The van der Waals surface area contributed by atoms with Crippen molar-refractivity contribution in [1.82, 2.24) is 24.4 Å². The third-order valence-electron chi connectivity index (χ3n) is 4.50. The molecule has 0 radical (unpaired) electrons. The van der Waals surface area contributed by atoms with E-state index >= 15 is 0 Å². The van der Waals surface area contributed by atoms with Crippen molar-refractivity contribution >= 4 is 11.6 Å². The van der Waals surface area contributed by atoms with Gasteiger partial charge in [0.1, 0.15) is 11.3 Å². The summed E-state index contributed by atoms with van der Waals surface area (Å²) in [6.07, 6.45) is 7.51. The van der Waals surface area contributed by atoms with E-state index in [4.69, 9.17) is 4.52 Å². The van der Waals surface area contributed by atoms with E-state index in [1.807, 2.05) is 33.7 Å². The molecule has 1 atom stereocenters. The van der Waals surface area contributed by atoms with Crippen LogP contribution in [0.4, 0.5) is 0 Å². The number of hydrogen-bond donors (Lipinski definition) is 0. The van der Waals surface area contributed by atoms with Crippen LogP contribution in [0.3, 0.4) is 0 Å². The number of imidazole rings is 1. The summed E-state index contributed by atoms with van der Waals surface area (Å²) in [5.74, 6) is 1.10. The van der Waals surface area contributed by atoms with Gasteiger partial charge in [0.05, 0.1) is 6.04 Å². The van der Waals surface area contributed by atoms with Gasteiger partial charge < -0.3 is 9.42 Å². The number of aryl methyl sites for hydroxylation is 1. The SMILES string of the molecule is Cc1nc(C2CCCCCN2C(=O)c2cccc3nccn23)no1. The maximum absolute atomic E-state index is 13.2. The number of hydrogen-bond acceptors (Lipinski definition) is 5. The molecule has 1 fully saturated rings. The number of fused-ring (bicyclic) bond motifs is 1. The van der Waals surface area contributed by atoms with Crippen LogP contribution >= 0.6 is 0 Å². The van der Waals surface area contributed by atoms with Crippen LogP contribution in [-0.2, 0) is 0 Å². The molecular formula is C17H19N5O2. The fourth-order valence-electron chi connectivity index (χ4n) is 3.34. The third-order valence-corrected chi connectivity index (χ3v) is 4.50. The van der Waals surface area contributed by atoms with E-state index in [1.165, 1.54) is 0 Å². The van der Waals surface area contributed by atoms with Crippen molar-refractivity contribution in [3.8, 4) is 0 Å². The lowest BCUT2D eigenvalue weighted by Gasteiger charge is -2.28. The lowest BCUT2D eigenvalue weighted by molar-refractivity contribution is 0.0662. The lowest BCUT2D eigenvalue weighted by atomic mass is 10.1. The van der Waals surface area contributed by atoms with E-state index in [1.54, 1.807) is 13.1 Å². The van der Waals surface area contributed by atoms with E-state index < -0.39 is 0 Å². The summed E-state index contributed by atoms with van der Waals surface area (Å²) >= 11 is 0. The molecule has 0 bridgehead atoms. The average Bonchev–Trinajstić information content (AvgIpc) is 3.17. The standard InChI is InChI=1S/C17H19N5O2/c1-12-19-16(20-24-12)13-6-3-2-4-10-22(13)17(23)14-7-5-8-15-18-9-11-21(14)15/h5,7-9,11,13H,2-4,6,10H2,1H3. The van der Waals surface area contributed by atoms with Crippen LogP contribution in [0.1, 0.15) is 53.9 Å². The smallest absolute Gasteiger partial charge is 0.271 e. The Morgan fingerprint density at radius 3 is 3.04 bits per heavy atom. The number of aromatic nitrogens is 4. The zero-order valence-corrected chi connectivity index (χ0v) is 13.6. The summed E-state index contributed by atoms with van der Waals surface area (Å²) in [7, 11) is 0. The number of rotatable bonds is 2. The summed E-state index contributed by atoms with van der Waals surface area (Å²) in [5, 5.41) is 4.06. The molecule has 3 aromatic rings. The molecule has 1 aliphatic rings. The summed E-state index contributed by atoms with van der Waals surface area (Å²) < 4.78 is 6.96. The molecule has 1 saturated heterocycles. The van der Waals surface area contributed by atoms with Gasteiger partial charge in [-0.1, -0.05) is 24.1 Å². The van der Waals surface area contributed by atoms with Gasteiger partial charge in [0.25, 0.3) is 5.91 Å². The normalized spacial score (nSPS) is 18.7. The Bertz CT molecular complexity index is 869. The molecule has 1 amide bonds. The Balaban J connectivity index is 1.73. The third kappa shape index (κ3) is 2.55. The van der Waals surface area contributed by atoms with Crippen molar-refractivity contribution in [2.24, 2.45) is 0 Å². The molecule has 4 heterocycles. The molecule has 124 valence electrons. The highest BCUT2D eigenvalue weighted by Gasteiger charge is 2.31. The minimum Gasteiger partial charge on any atom is -0.340 e. The van der Waals surface area contributed by atoms with Gasteiger partial charge in [-0.25, -0.2) is 4.98 Å². The second-order valence-electron chi connectivity index (χ2n) is 6.10. The minimum absolute atomic E-state index is 0.0204. The molecule has 0 saturated carbocycles. The Morgan fingerprint density at radius 1 is 1.29 bits per heavy atom. The second-order valence-corrected chi connectivity index (χ2v) is 6.10. The van der Waals surface area contributed by atoms with Crippen LogP contribution in [0.25, 0.3) is 5.65 Å². The molecule has 4 rings (SSSR count). The van der Waals surface area contributed by atoms with Crippen molar-refractivity contribution in [1.29, 1.82) is 0 Å². The van der Waals surface area contributed by atoms with Gasteiger partial charge in [-0.15, -0.1) is 0 Å². The highest BCUT2D eigenvalue weighted by atomic mass is 16.5. The summed E-state index contributed by atoms with van der Waals surface area (Å²) in [5.41, 5.74) is 1.37. The number of likely N-dealkylation sites (tertiary alicyclic amines) is 1. The molecule has 7 heteroatoms. The Hall–Kier alpha value is -2.70. The van der Waals surface area contributed by atoms with Gasteiger partial charge in [0, 0.05) is 25.9 Å². The lowest BCUT2D eigenvalue weighted by Crippen LogP contribution is -2.36. The van der Waals surface area contributed by atoms with E-state index in [9.17, 15) is 4.79 Å². The van der Waals surface area contributed by atoms with Gasteiger partial charge in [0.2, 0.25) is 5.89 Å². The molecule has 3 aromatic heterocycles. The van der Waals surface area contributed by atoms with Crippen LogP contribution in [0.15, 0.2) is 35.1 Å². The maximum atomic E-state index is 13.2. The monoisotopic (exact) mass is 325 g/mol.